The number of nitrogens with one attached hydrogen (secondary N) is 1. The Balaban J connectivity index is 1.52. The van der Waals surface area contributed by atoms with E-state index in [-0.39, 0.29) is 6.54 Å². The highest BCUT2D eigenvalue weighted by Crippen LogP contribution is 2.29. The van der Waals surface area contributed by atoms with Crippen molar-refractivity contribution in [2.45, 2.75) is 59.0 Å². The molecule has 8 heteroatoms. The molecule has 0 radical (unpaired) electrons. The number of carbonyl (C=O) groups excluding carboxylic acids is 1. The van der Waals surface area contributed by atoms with Gasteiger partial charge in [0.1, 0.15) is 18.0 Å². The van der Waals surface area contributed by atoms with Gasteiger partial charge in [-0.25, -0.2) is 4.79 Å². The molecule has 170 valence electrons. The summed E-state index contributed by atoms with van der Waals surface area (Å²) in [4.78, 5) is 14.0. The number of amides is 1. The normalized spacial score (nSPS) is 15.3. The summed E-state index contributed by atoms with van der Waals surface area (Å²) >= 11 is 0. The summed E-state index contributed by atoms with van der Waals surface area (Å²) in [5, 5.41) is 17.1. The van der Waals surface area contributed by atoms with Gasteiger partial charge in [0.2, 0.25) is 0 Å². The minimum absolute atomic E-state index is 0.165. The molecule has 2 aromatic rings. The fourth-order valence-corrected chi connectivity index (χ4v) is 3.76. The number of ether oxygens (including phenoxy) is 2. The Labute approximate surface area is 184 Å². The second-order valence-electron chi connectivity index (χ2n) is 9.08. The Morgan fingerprint density at radius 3 is 2.77 bits per heavy atom. The van der Waals surface area contributed by atoms with Crippen LogP contribution < -0.4 is 10.1 Å². The average molecular weight is 431 g/mol. The van der Waals surface area contributed by atoms with Crippen molar-refractivity contribution < 1.29 is 19.4 Å². The molecule has 2 heterocycles. The number of hydrogen-bond acceptors (Lipinski definition) is 6. The third-order valence-electron chi connectivity index (χ3n) is 5.37. The number of fused-ring (bicyclic) bond motifs is 1. The number of carbonyl (C=O) groups is 1. The van der Waals surface area contributed by atoms with Crippen LogP contribution in [-0.2, 0) is 31.4 Å². The van der Waals surface area contributed by atoms with E-state index in [0.29, 0.717) is 13.2 Å². The maximum absolute atomic E-state index is 11.8. The second-order valence-corrected chi connectivity index (χ2v) is 9.08. The minimum atomic E-state index is -0.656. The number of aryl methyl sites for hydroxylation is 1. The number of aromatic nitrogens is 2. The number of rotatable bonds is 7. The maximum atomic E-state index is 11.8. The maximum Gasteiger partial charge on any atom is 0.407 e. The number of aliphatic hydroxyl groups is 1. The molecule has 1 aliphatic heterocycles. The molecule has 0 spiro atoms. The fraction of sp³-hybridized carbons (Fsp3) is 0.565. The van der Waals surface area contributed by atoms with E-state index < -0.39 is 17.8 Å². The number of nitrogens with zero attached hydrogens (tertiary/aromatic N) is 3. The van der Waals surface area contributed by atoms with E-state index in [1.807, 2.05) is 44.6 Å². The molecule has 3 rings (SSSR count). The molecule has 1 aliphatic rings. The zero-order valence-electron chi connectivity index (χ0n) is 19.1. The first-order valence-corrected chi connectivity index (χ1v) is 10.7. The first-order chi connectivity index (χ1) is 14.6. The van der Waals surface area contributed by atoms with E-state index in [2.05, 4.69) is 28.3 Å². The van der Waals surface area contributed by atoms with Crippen molar-refractivity contribution in [3.8, 4) is 5.75 Å². The van der Waals surface area contributed by atoms with E-state index in [0.717, 1.165) is 31.0 Å². The van der Waals surface area contributed by atoms with Gasteiger partial charge in [0.15, 0.2) is 0 Å². The van der Waals surface area contributed by atoms with Crippen molar-refractivity contribution in [3.63, 3.8) is 0 Å². The van der Waals surface area contributed by atoms with Crippen LogP contribution in [-0.4, -0.2) is 57.2 Å². The molecule has 0 bridgehead atoms. The molecular weight excluding hydrogens is 396 g/mol. The van der Waals surface area contributed by atoms with Crippen molar-refractivity contribution in [3.05, 3.63) is 46.8 Å². The predicted octanol–water partition coefficient (Wildman–Crippen LogP) is 2.55. The summed E-state index contributed by atoms with van der Waals surface area (Å²) in [5.74, 6) is 0.898. The van der Waals surface area contributed by atoms with E-state index >= 15 is 0 Å². The molecule has 2 N–H and O–H groups in total. The van der Waals surface area contributed by atoms with E-state index in [1.54, 1.807) is 6.20 Å². The lowest BCUT2D eigenvalue weighted by molar-refractivity contribution is 0.0464. The number of aliphatic hydroxyl groups excluding tert-OH is 1. The zero-order valence-corrected chi connectivity index (χ0v) is 19.1. The Morgan fingerprint density at radius 2 is 2.10 bits per heavy atom. The van der Waals surface area contributed by atoms with Gasteiger partial charge in [0, 0.05) is 39.4 Å². The first kappa shape index (κ1) is 23.1. The summed E-state index contributed by atoms with van der Waals surface area (Å²) in [7, 11) is 1.91. The van der Waals surface area contributed by atoms with Crippen LogP contribution in [0.15, 0.2) is 24.4 Å². The Kier molecular flexibility index (Phi) is 7.23. The van der Waals surface area contributed by atoms with E-state index in [1.165, 1.54) is 16.7 Å². The van der Waals surface area contributed by atoms with Crippen LogP contribution in [0.2, 0.25) is 0 Å². The van der Waals surface area contributed by atoms with Gasteiger partial charge in [-0.05, 0) is 62.9 Å². The molecule has 0 saturated carbocycles. The van der Waals surface area contributed by atoms with Crippen molar-refractivity contribution in [1.82, 2.24) is 20.0 Å². The van der Waals surface area contributed by atoms with Crippen molar-refractivity contribution >= 4 is 6.09 Å². The lowest BCUT2D eigenvalue weighted by Crippen LogP contribution is -2.43. The monoisotopic (exact) mass is 430 g/mol. The number of β-amino-alcohol motifs (C(OH)–C–C–N with tert-alkyl or cyclic N) is 1. The third-order valence-corrected chi connectivity index (χ3v) is 5.37. The van der Waals surface area contributed by atoms with Crippen LogP contribution in [0, 0.1) is 6.92 Å². The zero-order chi connectivity index (χ0) is 22.6. The lowest BCUT2D eigenvalue weighted by Gasteiger charge is -2.31. The van der Waals surface area contributed by atoms with Crippen LogP contribution in [0.4, 0.5) is 4.79 Å². The van der Waals surface area contributed by atoms with Gasteiger partial charge in [-0.15, -0.1) is 0 Å². The standard InChI is InChI=1S/C23H34N4O4/c1-16-20-9-11-27(14-19(28)12-24-22(29)31-23(2,3)4)13-17(20)6-7-21(16)30-15-18-8-10-25-26(18)5/h6-8,10,19,28H,9,11-15H2,1-5H3,(H,24,29). The molecule has 31 heavy (non-hydrogen) atoms. The van der Waals surface area contributed by atoms with Gasteiger partial charge < -0.3 is 19.9 Å². The quantitative estimate of drug-likeness (QED) is 0.702. The smallest absolute Gasteiger partial charge is 0.407 e. The van der Waals surface area contributed by atoms with E-state index in [9.17, 15) is 9.90 Å². The van der Waals surface area contributed by atoms with Crippen LogP contribution in [0.5, 0.6) is 5.75 Å². The van der Waals surface area contributed by atoms with Gasteiger partial charge in [-0.2, -0.15) is 5.10 Å². The largest absolute Gasteiger partial charge is 0.487 e. The van der Waals surface area contributed by atoms with Gasteiger partial charge >= 0.3 is 6.09 Å². The third kappa shape index (κ3) is 6.45. The molecule has 1 amide bonds. The summed E-state index contributed by atoms with van der Waals surface area (Å²) in [5.41, 5.74) is 4.22. The molecule has 8 nitrogen and oxygen atoms in total. The molecule has 1 aromatic carbocycles. The molecule has 1 atom stereocenters. The van der Waals surface area contributed by atoms with Gasteiger partial charge in [-0.3, -0.25) is 9.58 Å². The predicted molar refractivity (Wildman–Crippen MR) is 118 cm³/mol. The van der Waals surface area contributed by atoms with Crippen molar-refractivity contribution in [1.29, 1.82) is 0 Å². The summed E-state index contributed by atoms with van der Waals surface area (Å²) in [6.07, 6.45) is 1.50. The Hall–Kier alpha value is -2.58. The van der Waals surface area contributed by atoms with Crippen LogP contribution in [0.3, 0.4) is 0 Å². The Morgan fingerprint density at radius 1 is 1.32 bits per heavy atom. The highest BCUT2D eigenvalue weighted by atomic mass is 16.6. The fourth-order valence-electron chi connectivity index (χ4n) is 3.76. The topological polar surface area (TPSA) is 88.9 Å². The lowest BCUT2D eigenvalue weighted by atomic mass is 9.94. The minimum Gasteiger partial charge on any atom is -0.487 e. The summed E-state index contributed by atoms with van der Waals surface area (Å²) in [6.45, 7) is 10.3. The van der Waals surface area contributed by atoms with Gasteiger partial charge in [0.25, 0.3) is 0 Å². The van der Waals surface area contributed by atoms with Crippen LogP contribution in [0.25, 0.3) is 0 Å². The van der Waals surface area contributed by atoms with Crippen LogP contribution in [0.1, 0.15) is 43.2 Å². The molecule has 0 aliphatic carbocycles. The summed E-state index contributed by atoms with van der Waals surface area (Å²) < 4.78 is 13.1. The number of hydrogen-bond donors (Lipinski definition) is 2. The molecule has 1 aromatic heterocycles. The van der Waals surface area contributed by atoms with E-state index in [4.69, 9.17) is 9.47 Å². The summed E-state index contributed by atoms with van der Waals surface area (Å²) in [6, 6.07) is 6.08. The molecule has 1 unspecified atom stereocenters. The second kappa shape index (κ2) is 9.70. The molecule has 0 saturated heterocycles. The SMILES string of the molecule is Cc1c(OCc2ccnn2C)ccc2c1CCN(CC(O)CNC(=O)OC(C)(C)C)C2. The highest BCUT2D eigenvalue weighted by molar-refractivity contribution is 5.67. The van der Waals surface area contributed by atoms with Gasteiger partial charge in [0.05, 0.1) is 11.8 Å². The van der Waals surface area contributed by atoms with Crippen molar-refractivity contribution in [2.24, 2.45) is 7.05 Å². The molecule has 0 fully saturated rings. The van der Waals surface area contributed by atoms with Gasteiger partial charge in [-0.1, -0.05) is 6.07 Å². The van der Waals surface area contributed by atoms with Crippen LogP contribution >= 0.6 is 0 Å². The average Bonchev–Trinajstić information content (AvgIpc) is 3.09. The number of alkyl carbamates (subject to hydrolysis) is 1. The molecular formula is C23H34N4O4. The highest BCUT2D eigenvalue weighted by Gasteiger charge is 2.22. The number of benzene rings is 1. The Bertz CT molecular complexity index is 903. The first-order valence-electron chi connectivity index (χ1n) is 10.7. The van der Waals surface area contributed by atoms with Crippen molar-refractivity contribution in [2.75, 3.05) is 19.6 Å².